The number of halogens is 1. The minimum atomic E-state index is 0. The maximum atomic E-state index is 2.36. The van der Waals surface area contributed by atoms with E-state index < -0.39 is 0 Å². The average Bonchev–Trinajstić information content (AvgIpc) is 2.49. The lowest BCUT2D eigenvalue weighted by Gasteiger charge is -2.30. The van der Waals surface area contributed by atoms with Gasteiger partial charge in [-0.25, -0.2) is 0 Å². The highest BCUT2D eigenvalue weighted by atomic mass is 35.5. The summed E-state index contributed by atoms with van der Waals surface area (Å²) in [6, 6.07) is 10.9. The van der Waals surface area contributed by atoms with Gasteiger partial charge in [0.25, 0.3) is 0 Å². The van der Waals surface area contributed by atoms with Gasteiger partial charge < -0.3 is 4.48 Å². The first-order chi connectivity index (χ1) is 10.6. The van der Waals surface area contributed by atoms with Crippen LogP contribution in [0, 0.1) is 0 Å². The molecule has 0 N–H and O–H groups in total. The van der Waals surface area contributed by atoms with Crippen LogP contribution in [-0.2, 0) is 6.54 Å². The van der Waals surface area contributed by atoms with Gasteiger partial charge in [0, 0.05) is 5.56 Å². The van der Waals surface area contributed by atoms with Gasteiger partial charge in [0.1, 0.15) is 6.54 Å². The van der Waals surface area contributed by atoms with E-state index in [2.05, 4.69) is 51.4 Å². The van der Waals surface area contributed by atoms with Crippen molar-refractivity contribution in [2.75, 3.05) is 20.6 Å². The quantitative estimate of drug-likeness (QED) is 0.280. The van der Waals surface area contributed by atoms with Crippen molar-refractivity contribution in [1.82, 2.24) is 0 Å². The monoisotopic (exact) mass is 340 g/mol. The van der Waals surface area contributed by atoms with Crippen LogP contribution < -0.4 is 0 Å². The summed E-state index contributed by atoms with van der Waals surface area (Å²) in [6.45, 7) is 4.74. The van der Waals surface area contributed by atoms with Crippen molar-refractivity contribution in [3.63, 3.8) is 0 Å². The summed E-state index contributed by atoms with van der Waals surface area (Å²) in [5.74, 6) is 0. The second-order valence-electron chi connectivity index (χ2n) is 7.49. The Bertz CT molecular complexity index is 361. The predicted octanol–water partition coefficient (Wildman–Crippen LogP) is 6.61. The van der Waals surface area contributed by atoms with E-state index in [0.29, 0.717) is 0 Å². The van der Waals surface area contributed by atoms with Crippen LogP contribution in [-0.4, -0.2) is 25.1 Å². The number of rotatable bonds is 13. The fraction of sp³-hybridized carbons (Fsp3) is 0.714. The van der Waals surface area contributed by atoms with Gasteiger partial charge in [-0.3, -0.25) is 0 Å². The molecule has 1 rings (SSSR count). The van der Waals surface area contributed by atoms with E-state index >= 15 is 0 Å². The molecule has 134 valence electrons. The molecule has 1 nitrogen and oxygen atoms in total. The maximum absolute atomic E-state index is 2.36. The maximum Gasteiger partial charge on any atom is 0.104 e. The number of hydrogen-bond acceptors (Lipinski definition) is 0. The number of nitrogens with zero attached hydrogens (tertiary/aromatic N) is 1. The standard InChI is InChI=1S/C21H38N.ClH/c1-4-5-6-7-8-9-10-11-12-16-19-22(2,3)20-21-17-14-13-15-18-21;/h13-15,17-18H,4-12,16,19-20H2,1-3H3;1H/q+1;. The van der Waals surface area contributed by atoms with Gasteiger partial charge in [0.05, 0.1) is 20.6 Å². The Kier molecular flexibility index (Phi) is 13.5. The van der Waals surface area contributed by atoms with Crippen LogP contribution in [0.1, 0.15) is 76.7 Å². The minimum Gasteiger partial charge on any atom is -0.325 e. The third-order valence-electron chi connectivity index (χ3n) is 4.57. The molecule has 0 aromatic heterocycles. The number of benzene rings is 1. The van der Waals surface area contributed by atoms with Crippen molar-refractivity contribution in [3.8, 4) is 0 Å². The fourth-order valence-corrected chi connectivity index (χ4v) is 3.18. The molecule has 0 fully saturated rings. The Morgan fingerprint density at radius 3 is 1.70 bits per heavy atom. The largest absolute Gasteiger partial charge is 0.325 e. The molecule has 0 aliphatic carbocycles. The molecule has 23 heavy (non-hydrogen) atoms. The van der Waals surface area contributed by atoms with E-state index in [1.54, 1.807) is 0 Å². The molecule has 0 amide bonds. The minimum absolute atomic E-state index is 0. The van der Waals surface area contributed by atoms with E-state index in [4.69, 9.17) is 0 Å². The van der Waals surface area contributed by atoms with Gasteiger partial charge in [-0.05, 0) is 12.8 Å². The Morgan fingerprint density at radius 1 is 0.696 bits per heavy atom. The van der Waals surface area contributed by atoms with Gasteiger partial charge in [0.2, 0.25) is 0 Å². The van der Waals surface area contributed by atoms with Gasteiger partial charge in [0.15, 0.2) is 0 Å². The summed E-state index contributed by atoms with van der Waals surface area (Å²) in [5.41, 5.74) is 1.46. The first-order valence-electron chi connectivity index (χ1n) is 9.50. The molecule has 0 radical (unpaired) electrons. The molecule has 1 aromatic carbocycles. The second kappa shape index (κ2) is 13.9. The highest BCUT2D eigenvalue weighted by Gasteiger charge is 2.14. The van der Waals surface area contributed by atoms with E-state index in [0.717, 1.165) is 11.0 Å². The van der Waals surface area contributed by atoms with E-state index in [-0.39, 0.29) is 12.4 Å². The summed E-state index contributed by atoms with van der Waals surface area (Å²) in [4.78, 5) is 0. The molecular weight excluding hydrogens is 302 g/mol. The highest BCUT2D eigenvalue weighted by molar-refractivity contribution is 5.85. The smallest absolute Gasteiger partial charge is 0.104 e. The first kappa shape index (κ1) is 22.5. The van der Waals surface area contributed by atoms with Crippen molar-refractivity contribution in [3.05, 3.63) is 35.9 Å². The van der Waals surface area contributed by atoms with Gasteiger partial charge in [-0.2, -0.15) is 0 Å². The lowest BCUT2D eigenvalue weighted by atomic mass is 10.1. The molecule has 0 atom stereocenters. The topological polar surface area (TPSA) is 0 Å². The zero-order valence-electron chi connectivity index (χ0n) is 15.7. The highest BCUT2D eigenvalue weighted by Crippen LogP contribution is 2.13. The Labute approximate surface area is 151 Å². The molecular formula is C21H39ClN+. The zero-order chi connectivity index (χ0) is 16.1. The van der Waals surface area contributed by atoms with Crippen molar-refractivity contribution < 1.29 is 4.48 Å². The van der Waals surface area contributed by atoms with Gasteiger partial charge >= 0.3 is 0 Å². The summed E-state index contributed by atoms with van der Waals surface area (Å²) in [6.07, 6.45) is 14.2. The lowest BCUT2D eigenvalue weighted by Crippen LogP contribution is -2.39. The summed E-state index contributed by atoms with van der Waals surface area (Å²) < 4.78 is 1.11. The Balaban J connectivity index is 0.00000484. The van der Waals surface area contributed by atoms with Crippen LogP contribution in [0.5, 0.6) is 0 Å². The van der Waals surface area contributed by atoms with Crippen molar-refractivity contribution >= 4 is 12.4 Å². The molecule has 0 saturated heterocycles. The molecule has 0 aliphatic heterocycles. The molecule has 2 heteroatoms. The Morgan fingerprint density at radius 2 is 1.17 bits per heavy atom. The SMILES string of the molecule is CCCCCCCCCCCC[N+](C)(C)Cc1ccccc1.Cl. The predicted molar refractivity (Wildman–Crippen MR) is 106 cm³/mol. The van der Waals surface area contributed by atoms with E-state index in [1.165, 1.54) is 76.3 Å². The number of unbranched alkanes of at least 4 members (excludes halogenated alkanes) is 9. The van der Waals surface area contributed by atoms with Crippen LogP contribution in [0.4, 0.5) is 0 Å². The second-order valence-corrected chi connectivity index (χ2v) is 7.49. The van der Waals surface area contributed by atoms with Crippen LogP contribution in [0.2, 0.25) is 0 Å². The third kappa shape index (κ3) is 12.5. The number of quaternary nitrogens is 1. The fourth-order valence-electron chi connectivity index (χ4n) is 3.18. The van der Waals surface area contributed by atoms with Crippen molar-refractivity contribution in [2.24, 2.45) is 0 Å². The first-order valence-corrected chi connectivity index (χ1v) is 9.50. The molecule has 0 unspecified atom stereocenters. The molecule has 0 bridgehead atoms. The van der Waals surface area contributed by atoms with Crippen LogP contribution in [0.3, 0.4) is 0 Å². The van der Waals surface area contributed by atoms with Crippen LogP contribution >= 0.6 is 12.4 Å². The van der Waals surface area contributed by atoms with E-state index in [1.807, 2.05) is 0 Å². The summed E-state index contributed by atoms with van der Waals surface area (Å²) in [7, 11) is 4.72. The Hall–Kier alpha value is -0.530. The van der Waals surface area contributed by atoms with Gasteiger partial charge in [-0.15, -0.1) is 12.4 Å². The van der Waals surface area contributed by atoms with Crippen LogP contribution in [0.15, 0.2) is 30.3 Å². The van der Waals surface area contributed by atoms with Crippen LogP contribution in [0.25, 0.3) is 0 Å². The molecule has 0 aliphatic rings. The van der Waals surface area contributed by atoms with Crippen molar-refractivity contribution in [1.29, 1.82) is 0 Å². The lowest BCUT2D eigenvalue weighted by molar-refractivity contribution is -0.903. The van der Waals surface area contributed by atoms with Gasteiger partial charge in [-0.1, -0.05) is 88.6 Å². The zero-order valence-corrected chi connectivity index (χ0v) is 16.5. The van der Waals surface area contributed by atoms with Crippen molar-refractivity contribution in [2.45, 2.75) is 77.7 Å². The normalized spacial score (nSPS) is 11.3. The molecule has 0 spiro atoms. The molecule has 0 saturated carbocycles. The molecule has 1 aromatic rings. The number of hydrogen-bond donors (Lipinski definition) is 0. The summed E-state index contributed by atoms with van der Waals surface area (Å²) >= 11 is 0. The average molecular weight is 341 g/mol. The summed E-state index contributed by atoms with van der Waals surface area (Å²) in [5, 5.41) is 0. The molecule has 0 heterocycles. The third-order valence-corrected chi connectivity index (χ3v) is 4.57. The van der Waals surface area contributed by atoms with E-state index in [9.17, 15) is 0 Å².